The Morgan fingerprint density at radius 3 is 2.42 bits per heavy atom. The first-order chi connectivity index (χ1) is 8.90. The summed E-state index contributed by atoms with van der Waals surface area (Å²) in [5.41, 5.74) is 3.02. The van der Waals surface area contributed by atoms with Crippen molar-refractivity contribution in [1.82, 2.24) is 5.32 Å². The SMILES string of the molecule is Cc1cc(N2CCC(=O)NC(C)C2=O)cc(C)c1Br. The standard InChI is InChI=1S/C14H17BrN2O2/c1-8-6-11(7-9(2)13(8)15)17-5-4-12(18)16-10(3)14(17)19/h6-7,10H,4-5H2,1-3H3,(H,16,18). The van der Waals surface area contributed by atoms with E-state index in [1.807, 2.05) is 26.0 Å². The number of amides is 2. The number of anilines is 1. The second-order valence-electron chi connectivity index (χ2n) is 4.92. The molecule has 1 N–H and O–H groups in total. The van der Waals surface area contributed by atoms with Gasteiger partial charge in [-0.05, 0) is 44.0 Å². The maximum atomic E-state index is 12.3. The van der Waals surface area contributed by atoms with Crippen LogP contribution in [0.2, 0.25) is 0 Å². The zero-order valence-electron chi connectivity index (χ0n) is 11.3. The summed E-state index contributed by atoms with van der Waals surface area (Å²) in [4.78, 5) is 25.5. The first-order valence-corrected chi connectivity index (χ1v) is 7.07. The zero-order chi connectivity index (χ0) is 14.2. The van der Waals surface area contributed by atoms with Gasteiger partial charge in [-0.1, -0.05) is 15.9 Å². The maximum Gasteiger partial charge on any atom is 0.249 e. The summed E-state index contributed by atoms with van der Waals surface area (Å²) in [7, 11) is 0. The van der Waals surface area contributed by atoms with E-state index >= 15 is 0 Å². The molecule has 1 atom stereocenters. The van der Waals surface area contributed by atoms with Gasteiger partial charge in [0.05, 0.1) is 0 Å². The molecule has 0 aliphatic carbocycles. The van der Waals surface area contributed by atoms with E-state index in [1.165, 1.54) is 0 Å². The maximum absolute atomic E-state index is 12.3. The van der Waals surface area contributed by atoms with Gasteiger partial charge in [0.1, 0.15) is 6.04 Å². The van der Waals surface area contributed by atoms with Gasteiger partial charge in [-0.2, -0.15) is 0 Å². The van der Waals surface area contributed by atoms with E-state index in [9.17, 15) is 9.59 Å². The summed E-state index contributed by atoms with van der Waals surface area (Å²) in [5.74, 6) is -0.138. The summed E-state index contributed by atoms with van der Waals surface area (Å²) >= 11 is 3.52. The van der Waals surface area contributed by atoms with Crippen molar-refractivity contribution in [3.8, 4) is 0 Å². The van der Waals surface area contributed by atoms with Gasteiger partial charge in [0.15, 0.2) is 0 Å². The molecule has 1 aliphatic rings. The van der Waals surface area contributed by atoms with Crippen LogP contribution in [-0.2, 0) is 9.59 Å². The number of benzene rings is 1. The van der Waals surface area contributed by atoms with Gasteiger partial charge in [-0.25, -0.2) is 0 Å². The molecule has 1 unspecified atom stereocenters. The number of aryl methyl sites for hydroxylation is 2. The van der Waals surface area contributed by atoms with Crippen molar-refractivity contribution in [3.05, 3.63) is 27.7 Å². The monoisotopic (exact) mass is 324 g/mol. The van der Waals surface area contributed by atoms with Crippen LogP contribution >= 0.6 is 15.9 Å². The molecule has 1 fully saturated rings. The summed E-state index contributed by atoms with van der Waals surface area (Å²) in [6.07, 6.45) is 0.338. The van der Waals surface area contributed by atoms with Crippen LogP contribution in [0.4, 0.5) is 5.69 Å². The van der Waals surface area contributed by atoms with E-state index in [0.29, 0.717) is 13.0 Å². The predicted octanol–water partition coefficient (Wildman–Crippen LogP) is 2.31. The molecule has 0 bridgehead atoms. The van der Waals surface area contributed by atoms with Gasteiger partial charge in [-0.3, -0.25) is 9.59 Å². The molecule has 0 saturated carbocycles. The third-order valence-electron chi connectivity index (χ3n) is 3.31. The van der Waals surface area contributed by atoms with E-state index in [0.717, 1.165) is 21.3 Å². The van der Waals surface area contributed by atoms with Crippen molar-refractivity contribution >= 4 is 33.4 Å². The van der Waals surface area contributed by atoms with Crippen molar-refractivity contribution in [2.24, 2.45) is 0 Å². The first-order valence-electron chi connectivity index (χ1n) is 6.27. The summed E-state index contributed by atoms with van der Waals surface area (Å²) in [6, 6.07) is 3.47. The van der Waals surface area contributed by atoms with Gasteiger partial charge < -0.3 is 10.2 Å². The highest BCUT2D eigenvalue weighted by Crippen LogP contribution is 2.28. The number of hydrogen-bond donors (Lipinski definition) is 1. The molecule has 1 aromatic rings. The Kier molecular flexibility index (Phi) is 3.94. The number of halogens is 1. The van der Waals surface area contributed by atoms with Crippen LogP contribution in [0.1, 0.15) is 24.5 Å². The second kappa shape index (κ2) is 5.33. The van der Waals surface area contributed by atoms with Gasteiger partial charge in [-0.15, -0.1) is 0 Å². The van der Waals surface area contributed by atoms with E-state index in [1.54, 1.807) is 11.8 Å². The molecule has 1 heterocycles. The Morgan fingerprint density at radius 2 is 1.84 bits per heavy atom. The number of nitrogens with zero attached hydrogens (tertiary/aromatic N) is 1. The van der Waals surface area contributed by atoms with Gasteiger partial charge >= 0.3 is 0 Å². The lowest BCUT2D eigenvalue weighted by Gasteiger charge is -2.23. The molecule has 5 heteroatoms. The number of carbonyl (C=O) groups is 2. The lowest BCUT2D eigenvalue weighted by Crippen LogP contribution is -2.42. The molecular formula is C14H17BrN2O2. The van der Waals surface area contributed by atoms with Crippen LogP contribution < -0.4 is 10.2 Å². The molecule has 1 saturated heterocycles. The Morgan fingerprint density at radius 1 is 1.26 bits per heavy atom. The topological polar surface area (TPSA) is 49.4 Å². The number of carbonyl (C=O) groups excluding carboxylic acids is 2. The Labute approximate surface area is 121 Å². The molecule has 0 radical (unpaired) electrons. The normalized spacial score (nSPS) is 20.2. The number of rotatable bonds is 1. The molecular weight excluding hydrogens is 308 g/mol. The van der Waals surface area contributed by atoms with E-state index in [-0.39, 0.29) is 11.8 Å². The van der Waals surface area contributed by atoms with Crippen molar-refractivity contribution in [3.63, 3.8) is 0 Å². The largest absolute Gasteiger partial charge is 0.345 e. The van der Waals surface area contributed by atoms with Crippen LogP contribution in [0, 0.1) is 13.8 Å². The van der Waals surface area contributed by atoms with Crippen LogP contribution in [-0.4, -0.2) is 24.4 Å². The molecule has 4 nitrogen and oxygen atoms in total. The van der Waals surface area contributed by atoms with Gasteiger partial charge in [0.25, 0.3) is 0 Å². The lowest BCUT2D eigenvalue weighted by molar-refractivity contribution is -0.125. The molecule has 1 aliphatic heterocycles. The Hall–Kier alpha value is -1.36. The predicted molar refractivity (Wildman–Crippen MR) is 78.2 cm³/mol. The Balaban J connectivity index is 2.39. The second-order valence-corrected chi connectivity index (χ2v) is 5.72. The minimum absolute atomic E-state index is 0.0630. The highest BCUT2D eigenvalue weighted by molar-refractivity contribution is 9.10. The van der Waals surface area contributed by atoms with Crippen molar-refractivity contribution in [2.75, 3.05) is 11.4 Å². The highest BCUT2D eigenvalue weighted by Gasteiger charge is 2.27. The molecule has 19 heavy (non-hydrogen) atoms. The third-order valence-corrected chi connectivity index (χ3v) is 4.56. The summed E-state index contributed by atoms with van der Waals surface area (Å²) in [6.45, 7) is 6.14. The zero-order valence-corrected chi connectivity index (χ0v) is 12.9. The fourth-order valence-electron chi connectivity index (χ4n) is 2.27. The van der Waals surface area contributed by atoms with Gasteiger partial charge in [0.2, 0.25) is 11.8 Å². The Bertz CT molecular complexity index is 519. The van der Waals surface area contributed by atoms with Crippen molar-refractivity contribution in [1.29, 1.82) is 0 Å². The quantitative estimate of drug-likeness (QED) is 0.861. The average molecular weight is 325 g/mol. The minimum atomic E-state index is -0.473. The van der Waals surface area contributed by atoms with Gasteiger partial charge in [0, 0.05) is 23.1 Å². The number of nitrogens with one attached hydrogen (secondary N) is 1. The summed E-state index contributed by atoms with van der Waals surface area (Å²) in [5, 5.41) is 2.69. The molecule has 102 valence electrons. The highest BCUT2D eigenvalue weighted by atomic mass is 79.9. The number of hydrogen-bond acceptors (Lipinski definition) is 2. The van der Waals surface area contributed by atoms with Crippen LogP contribution in [0.15, 0.2) is 16.6 Å². The van der Waals surface area contributed by atoms with E-state index < -0.39 is 6.04 Å². The summed E-state index contributed by atoms with van der Waals surface area (Å²) < 4.78 is 1.06. The average Bonchev–Trinajstić information content (AvgIpc) is 2.46. The third kappa shape index (κ3) is 2.81. The fraction of sp³-hybridized carbons (Fsp3) is 0.429. The molecule has 0 spiro atoms. The first kappa shape index (κ1) is 14.1. The van der Waals surface area contributed by atoms with Crippen LogP contribution in [0.3, 0.4) is 0 Å². The minimum Gasteiger partial charge on any atom is -0.345 e. The van der Waals surface area contributed by atoms with Crippen LogP contribution in [0.25, 0.3) is 0 Å². The smallest absolute Gasteiger partial charge is 0.249 e. The lowest BCUT2D eigenvalue weighted by atomic mass is 10.1. The fourth-order valence-corrected chi connectivity index (χ4v) is 2.50. The molecule has 2 amide bonds. The molecule has 2 rings (SSSR count). The molecule has 0 aromatic heterocycles. The van der Waals surface area contributed by atoms with E-state index in [4.69, 9.17) is 0 Å². The van der Waals surface area contributed by atoms with E-state index in [2.05, 4.69) is 21.2 Å². The van der Waals surface area contributed by atoms with Crippen molar-refractivity contribution < 1.29 is 9.59 Å². The molecule has 1 aromatic carbocycles. The van der Waals surface area contributed by atoms with Crippen molar-refractivity contribution in [2.45, 2.75) is 33.2 Å². The van der Waals surface area contributed by atoms with Crippen LogP contribution in [0.5, 0.6) is 0 Å².